The Morgan fingerprint density at radius 1 is 1.43 bits per heavy atom. The van der Waals surface area contributed by atoms with Gasteiger partial charge in [-0.1, -0.05) is 0 Å². The minimum atomic E-state index is -0.568. The van der Waals surface area contributed by atoms with Crippen molar-refractivity contribution < 1.29 is 14.3 Å². The van der Waals surface area contributed by atoms with Gasteiger partial charge in [0.05, 0.1) is 6.04 Å². The molecule has 0 heterocycles. The molecule has 1 amide bonds. The van der Waals surface area contributed by atoms with E-state index in [0.29, 0.717) is 6.29 Å². The van der Waals surface area contributed by atoms with E-state index < -0.39 is 17.7 Å². The Bertz CT molecular complexity index is 175. The van der Waals surface area contributed by atoms with Crippen molar-refractivity contribution in [3.05, 3.63) is 0 Å². The van der Waals surface area contributed by atoms with E-state index in [4.69, 9.17) is 4.74 Å². The summed E-state index contributed by atoms with van der Waals surface area (Å²) in [6.07, 6.45) is 0.0753. The average molecular weight is 204 g/mol. The lowest BCUT2D eigenvalue weighted by Gasteiger charge is -2.20. The maximum absolute atomic E-state index is 10.9. The van der Waals surface area contributed by atoms with E-state index in [1.54, 1.807) is 27.7 Å². The van der Waals surface area contributed by atoms with E-state index in [9.17, 15) is 9.59 Å². The first-order chi connectivity index (χ1) is 6.35. The molecule has 5 heteroatoms. The molecular formula is C9H20N2O3. The predicted molar refractivity (Wildman–Crippen MR) is 55.0 cm³/mol. The number of nitrogens with one attached hydrogen (secondary N) is 1. The lowest BCUT2D eigenvalue weighted by molar-refractivity contribution is -0.109. The molecule has 0 aliphatic carbocycles. The van der Waals surface area contributed by atoms with Gasteiger partial charge in [0.1, 0.15) is 11.9 Å². The van der Waals surface area contributed by atoms with E-state index >= 15 is 0 Å². The molecule has 3 N–H and O–H groups in total. The van der Waals surface area contributed by atoms with E-state index in [-0.39, 0.29) is 0 Å². The summed E-state index contributed by atoms with van der Waals surface area (Å²) in [4.78, 5) is 21.1. The molecule has 0 aliphatic rings. The van der Waals surface area contributed by atoms with Gasteiger partial charge in [0.2, 0.25) is 0 Å². The van der Waals surface area contributed by atoms with E-state index in [2.05, 4.69) is 11.1 Å². The van der Waals surface area contributed by atoms with Crippen LogP contribution in [0.3, 0.4) is 0 Å². The lowest BCUT2D eigenvalue weighted by Crippen LogP contribution is -2.38. The summed E-state index contributed by atoms with van der Waals surface area (Å²) in [5.74, 6) is 0. The molecule has 0 aliphatic heterocycles. The molecular weight excluding hydrogens is 184 g/mol. The normalized spacial score (nSPS) is 11.9. The molecule has 84 valence electrons. The number of rotatable bonds is 2. The zero-order chi connectivity index (χ0) is 11.8. The molecule has 1 atom stereocenters. The SMILES string of the molecule is CC(C=O)NC(=O)OC(C)(C)C.CN. The quantitative estimate of drug-likeness (QED) is 0.648. The second-order valence-corrected chi connectivity index (χ2v) is 3.57. The van der Waals surface area contributed by atoms with Crippen LogP contribution < -0.4 is 11.1 Å². The summed E-state index contributed by atoms with van der Waals surface area (Å²) in [5.41, 5.74) is 3.98. The van der Waals surface area contributed by atoms with Crippen LogP contribution in [0.1, 0.15) is 27.7 Å². The Morgan fingerprint density at radius 3 is 2.14 bits per heavy atom. The van der Waals surface area contributed by atoms with Crippen LogP contribution in [0.5, 0.6) is 0 Å². The second-order valence-electron chi connectivity index (χ2n) is 3.57. The number of carbonyl (C=O) groups is 2. The molecule has 0 saturated carbocycles. The van der Waals surface area contributed by atoms with Crippen molar-refractivity contribution in [1.82, 2.24) is 5.32 Å². The fourth-order valence-electron chi connectivity index (χ4n) is 0.527. The Hall–Kier alpha value is -1.10. The van der Waals surface area contributed by atoms with Crippen LogP contribution in [0.4, 0.5) is 4.79 Å². The maximum atomic E-state index is 10.9. The average Bonchev–Trinajstić information content (AvgIpc) is 2.04. The topological polar surface area (TPSA) is 81.4 Å². The number of hydrogen-bond acceptors (Lipinski definition) is 4. The fraction of sp³-hybridized carbons (Fsp3) is 0.778. The molecule has 1 unspecified atom stereocenters. The van der Waals surface area contributed by atoms with Crippen LogP contribution in [0.15, 0.2) is 0 Å². The molecule has 14 heavy (non-hydrogen) atoms. The fourth-order valence-corrected chi connectivity index (χ4v) is 0.527. The molecule has 0 bridgehead atoms. The first-order valence-corrected chi connectivity index (χ1v) is 4.37. The first-order valence-electron chi connectivity index (χ1n) is 4.37. The molecule has 5 nitrogen and oxygen atoms in total. The summed E-state index contributed by atoms with van der Waals surface area (Å²) < 4.78 is 4.90. The van der Waals surface area contributed by atoms with Crippen LogP contribution in [-0.2, 0) is 9.53 Å². The molecule has 0 rings (SSSR count). The smallest absolute Gasteiger partial charge is 0.408 e. The zero-order valence-electron chi connectivity index (χ0n) is 9.46. The molecule has 0 aromatic carbocycles. The van der Waals surface area contributed by atoms with Gasteiger partial charge < -0.3 is 20.6 Å². The zero-order valence-corrected chi connectivity index (χ0v) is 9.46. The largest absolute Gasteiger partial charge is 0.444 e. The van der Waals surface area contributed by atoms with Crippen molar-refractivity contribution in [2.45, 2.75) is 39.3 Å². The molecule has 0 radical (unpaired) electrons. The van der Waals surface area contributed by atoms with Crippen molar-refractivity contribution in [2.24, 2.45) is 5.73 Å². The van der Waals surface area contributed by atoms with Crippen molar-refractivity contribution in [3.8, 4) is 0 Å². The van der Waals surface area contributed by atoms with Gasteiger partial charge in [-0.05, 0) is 34.7 Å². The van der Waals surface area contributed by atoms with Crippen LogP contribution in [0.2, 0.25) is 0 Å². The summed E-state index contributed by atoms with van der Waals surface area (Å²) >= 11 is 0. The van der Waals surface area contributed by atoms with Crippen molar-refractivity contribution in [2.75, 3.05) is 7.05 Å². The third kappa shape index (κ3) is 10.9. The summed E-state index contributed by atoms with van der Waals surface area (Å²) in [6.45, 7) is 6.87. The highest BCUT2D eigenvalue weighted by Gasteiger charge is 2.16. The third-order valence-electron chi connectivity index (χ3n) is 0.949. The number of hydrogen-bond donors (Lipinski definition) is 2. The molecule has 0 spiro atoms. The Balaban J connectivity index is 0. The highest BCUT2D eigenvalue weighted by molar-refractivity contribution is 5.73. The van der Waals surface area contributed by atoms with Gasteiger partial charge in [-0.2, -0.15) is 0 Å². The van der Waals surface area contributed by atoms with E-state index in [0.717, 1.165) is 0 Å². The van der Waals surface area contributed by atoms with Crippen LogP contribution in [-0.4, -0.2) is 31.1 Å². The van der Waals surface area contributed by atoms with Crippen LogP contribution >= 0.6 is 0 Å². The summed E-state index contributed by atoms with van der Waals surface area (Å²) in [6, 6.07) is -0.500. The maximum Gasteiger partial charge on any atom is 0.408 e. The van der Waals surface area contributed by atoms with Crippen molar-refractivity contribution >= 4 is 12.4 Å². The standard InChI is InChI=1S/C8H15NO3.CH5N/c1-6(5-10)9-7(11)12-8(2,3)4;1-2/h5-6H,1-4H3,(H,9,11);2H2,1H3. The predicted octanol–water partition coefficient (Wildman–Crippen LogP) is 0.673. The number of carbonyl (C=O) groups excluding carboxylic acids is 2. The van der Waals surface area contributed by atoms with E-state index in [1.807, 2.05) is 0 Å². The van der Waals surface area contributed by atoms with Gasteiger partial charge >= 0.3 is 6.09 Å². The number of nitrogens with two attached hydrogens (primary N) is 1. The minimum Gasteiger partial charge on any atom is -0.444 e. The molecule has 0 fully saturated rings. The van der Waals surface area contributed by atoms with Gasteiger partial charge in [0.25, 0.3) is 0 Å². The second kappa shape index (κ2) is 7.32. The van der Waals surface area contributed by atoms with Crippen LogP contribution in [0, 0.1) is 0 Å². The Morgan fingerprint density at radius 2 is 1.86 bits per heavy atom. The van der Waals surface area contributed by atoms with Crippen molar-refractivity contribution in [1.29, 1.82) is 0 Å². The van der Waals surface area contributed by atoms with Gasteiger partial charge in [0, 0.05) is 0 Å². The summed E-state index contributed by atoms with van der Waals surface area (Å²) in [7, 11) is 1.50. The summed E-state index contributed by atoms with van der Waals surface area (Å²) in [5, 5.41) is 2.36. The Kier molecular flexibility index (Phi) is 8.04. The number of ether oxygens (including phenoxy) is 1. The molecule has 0 aromatic heterocycles. The van der Waals surface area contributed by atoms with Gasteiger partial charge in [-0.15, -0.1) is 0 Å². The molecule has 0 aromatic rings. The number of amides is 1. The first kappa shape index (κ1) is 15.4. The van der Waals surface area contributed by atoms with E-state index in [1.165, 1.54) is 7.05 Å². The number of aldehydes is 1. The number of alkyl carbamates (subject to hydrolysis) is 1. The van der Waals surface area contributed by atoms with Gasteiger partial charge in [0.15, 0.2) is 0 Å². The Labute approximate surface area is 85.0 Å². The minimum absolute atomic E-state index is 0.500. The van der Waals surface area contributed by atoms with Crippen molar-refractivity contribution in [3.63, 3.8) is 0 Å². The van der Waals surface area contributed by atoms with Gasteiger partial charge in [-0.25, -0.2) is 4.79 Å². The highest BCUT2D eigenvalue weighted by atomic mass is 16.6. The molecule has 0 saturated heterocycles. The van der Waals surface area contributed by atoms with Gasteiger partial charge in [-0.3, -0.25) is 0 Å². The lowest BCUT2D eigenvalue weighted by atomic mass is 10.2. The third-order valence-corrected chi connectivity index (χ3v) is 0.949. The monoisotopic (exact) mass is 204 g/mol. The van der Waals surface area contributed by atoms with Crippen LogP contribution in [0.25, 0.3) is 0 Å². The highest BCUT2D eigenvalue weighted by Crippen LogP contribution is 2.06.